The molecule has 1 aliphatic heterocycles. The zero-order chi connectivity index (χ0) is 22.2. The largest absolute Gasteiger partial charge is 0.368 e. The quantitative estimate of drug-likeness (QED) is 0.636. The van der Waals surface area contributed by atoms with Crippen molar-refractivity contribution in [3.8, 4) is 0 Å². The molecule has 5 rings (SSSR count). The predicted molar refractivity (Wildman–Crippen MR) is 119 cm³/mol. The van der Waals surface area contributed by atoms with Crippen LogP contribution in [0.3, 0.4) is 0 Å². The van der Waals surface area contributed by atoms with Gasteiger partial charge in [0.2, 0.25) is 0 Å². The van der Waals surface area contributed by atoms with Crippen molar-refractivity contribution < 1.29 is 9.18 Å². The number of anilines is 1. The van der Waals surface area contributed by atoms with E-state index in [1.54, 1.807) is 19.3 Å². The topological polar surface area (TPSA) is 94.2 Å². The zero-order valence-corrected chi connectivity index (χ0v) is 17.9. The first-order valence-corrected chi connectivity index (χ1v) is 10.9. The van der Waals surface area contributed by atoms with Gasteiger partial charge in [0.05, 0.1) is 17.4 Å². The van der Waals surface area contributed by atoms with Crippen molar-refractivity contribution in [3.05, 3.63) is 63.6 Å². The third-order valence-corrected chi connectivity index (χ3v) is 6.15. The molecule has 9 heteroatoms. The third kappa shape index (κ3) is 4.08. The molecule has 8 nitrogen and oxygen atoms in total. The van der Waals surface area contributed by atoms with Crippen LogP contribution in [0.5, 0.6) is 0 Å². The number of aromatic amines is 1. The molecule has 0 unspecified atom stereocenters. The minimum atomic E-state index is -0.392. The molecule has 166 valence electrons. The minimum absolute atomic E-state index is 0.175. The molecule has 1 saturated carbocycles. The molecule has 1 aromatic carbocycles. The highest BCUT2D eigenvalue weighted by atomic mass is 19.1. The Morgan fingerprint density at radius 2 is 2.00 bits per heavy atom. The van der Waals surface area contributed by atoms with E-state index in [0.29, 0.717) is 23.4 Å². The second-order valence-electron chi connectivity index (χ2n) is 8.44. The van der Waals surface area contributed by atoms with E-state index >= 15 is 0 Å². The van der Waals surface area contributed by atoms with E-state index in [1.807, 2.05) is 12.1 Å². The van der Waals surface area contributed by atoms with Gasteiger partial charge in [0.25, 0.3) is 11.5 Å². The lowest BCUT2D eigenvalue weighted by Gasteiger charge is -2.36. The Morgan fingerprint density at radius 3 is 2.66 bits per heavy atom. The second-order valence-corrected chi connectivity index (χ2v) is 8.44. The Balaban J connectivity index is 1.25. The van der Waals surface area contributed by atoms with E-state index in [9.17, 15) is 14.0 Å². The Kier molecular flexibility index (Phi) is 5.34. The maximum Gasteiger partial charge on any atom is 0.270 e. The van der Waals surface area contributed by atoms with Crippen molar-refractivity contribution >= 4 is 22.6 Å². The highest BCUT2D eigenvalue weighted by Gasteiger charge is 2.28. The minimum Gasteiger partial charge on any atom is -0.368 e. The molecule has 0 bridgehead atoms. The standard InChI is InChI=1S/C23H25FN6O2/c1-25-22(31)18-5-4-16(12-26-18)30-8-6-29(7-9-30)13-14-10-17(24)21-19(11-14)27-23(32)20(28-21)15-2-3-15/h4-5,10-12,15H,2-3,6-9,13H2,1H3,(H,25,31)(H,27,32). The van der Waals surface area contributed by atoms with Crippen LogP contribution in [-0.4, -0.2) is 59.0 Å². The first kappa shape index (κ1) is 20.6. The lowest BCUT2D eigenvalue weighted by molar-refractivity contribution is 0.0958. The first-order chi connectivity index (χ1) is 15.5. The van der Waals surface area contributed by atoms with Gasteiger partial charge in [-0.1, -0.05) is 0 Å². The van der Waals surface area contributed by atoms with Gasteiger partial charge in [-0.25, -0.2) is 14.4 Å². The number of nitrogens with one attached hydrogen (secondary N) is 2. The molecule has 2 aromatic heterocycles. The summed E-state index contributed by atoms with van der Waals surface area (Å²) in [5.74, 6) is -0.422. The molecule has 1 aliphatic carbocycles. The lowest BCUT2D eigenvalue weighted by Crippen LogP contribution is -2.46. The number of fused-ring (bicyclic) bond motifs is 1. The van der Waals surface area contributed by atoms with Crippen LogP contribution in [-0.2, 0) is 6.54 Å². The number of nitrogens with zero attached hydrogens (tertiary/aromatic N) is 4. The number of hydrogen-bond acceptors (Lipinski definition) is 6. The number of pyridine rings is 1. The Morgan fingerprint density at radius 1 is 1.22 bits per heavy atom. The summed E-state index contributed by atoms with van der Waals surface area (Å²) in [5, 5.41) is 2.57. The van der Waals surface area contributed by atoms with Gasteiger partial charge in [0.1, 0.15) is 16.9 Å². The summed E-state index contributed by atoms with van der Waals surface area (Å²) in [5.41, 5.74) is 3.13. The number of carbonyl (C=O) groups is 1. The van der Waals surface area contributed by atoms with Crippen LogP contribution in [0, 0.1) is 5.82 Å². The van der Waals surface area contributed by atoms with E-state index in [1.165, 1.54) is 6.07 Å². The fraction of sp³-hybridized carbons (Fsp3) is 0.391. The molecule has 1 saturated heterocycles. The van der Waals surface area contributed by atoms with E-state index in [2.05, 4.69) is 30.1 Å². The number of carbonyl (C=O) groups excluding carboxylic acids is 1. The molecule has 2 aliphatic rings. The van der Waals surface area contributed by atoms with Crippen LogP contribution in [0.2, 0.25) is 0 Å². The fourth-order valence-corrected chi connectivity index (χ4v) is 4.20. The molecule has 2 fully saturated rings. The van der Waals surface area contributed by atoms with Crippen LogP contribution in [0.4, 0.5) is 10.1 Å². The van der Waals surface area contributed by atoms with E-state index < -0.39 is 5.82 Å². The lowest BCUT2D eigenvalue weighted by atomic mass is 10.1. The molecule has 1 amide bonds. The van der Waals surface area contributed by atoms with Crippen LogP contribution >= 0.6 is 0 Å². The maximum absolute atomic E-state index is 14.7. The predicted octanol–water partition coefficient (Wildman–Crippen LogP) is 2.02. The number of H-pyrrole nitrogens is 1. The summed E-state index contributed by atoms with van der Waals surface area (Å²) in [6, 6.07) is 6.99. The summed E-state index contributed by atoms with van der Waals surface area (Å²) in [6.45, 7) is 3.83. The molecule has 3 heterocycles. The van der Waals surface area contributed by atoms with Gasteiger partial charge in [0.15, 0.2) is 5.82 Å². The van der Waals surface area contributed by atoms with Gasteiger partial charge in [-0.3, -0.25) is 14.5 Å². The van der Waals surface area contributed by atoms with E-state index in [-0.39, 0.29) is 22.9 Å². The first-order valence-electron chi connectivity index (χ1n) is 10.9. The molecule has 0 radical (unpaired) electrons. The average molecular weight is 436 g/mol. The summed E-state index contributed by atoms with van der Waals surface area (Å²) in [6.07, 6.45) is 3.61. The molecule has 2 N–H and O–H groups in total. The number of aromatic nitrogens is 3. The molecule has 3 aromatic rings. The molecule has 0 atom stereocenters. The molecular formula is C23H25FN6O2. The number of benzene rings is 1. The summed E-state index contributed by atoms with van der Waals surface area (Å²) in [7, 11) is 1.58. The van der Waals surface area contributed by atoms with Gasteiger partial charge in [-0.15, -0.1) is 0 Å². The van der Waals surface area contributed by atoms with Crippen LogP contribution < -0.4 is 15.8 Å². The molecule has 32 heavy (non-hydrogen) atoms. The maximum atomic E-state index is 14.7. The number of amides is 1. The second kappa shape index (κ2) is 8.31. The van der Waals surface area contributed by atoms with Crippen LogP contribution in [0.15, 0.2) is 35.3 Å². The molecular weight excluding hydrogens is 411 g/mol. The van der Waals surface area contributed by atoms with Crippen molar-refractivity contribution in [2.45, 2.75) is 25.3 Å². The van der Waals surface area contributed by atoms with Gasteiger partial charge >= 0.3 is 0 Å². The fourth-order valence-electron chi connectivity index (χ4n) is 4.20. The average Bonchev–Trinajstić information content (AvgIpc) is 3.64. The van der Waals surface area contributed by atoms with Crippen LogP contribution in [0.25, 0.3) is 11.0 Å². The van der Waals surface area contributed by atoms with Gasteiger partial charge in [0, 0.05) is 45.7 Å². The van der Waals surface area contributed by atoms with Crippen molar-refractivity contribution in [2.24, 2.45) is 0 Å². The van der Waals surface area contributed by atoms with Crippen molar-refractivity contribution in [1.29, 1.82) is 0 Å². The Labute approximate surface area is 184 Å². The summed E-state index contributed by atoms with van der Waals surface area (Å²) in [4.78, 5) is 39.8. The summed E-state index contributed by atoms with van der Waals surface area (Å²) < 4.78 is 14.7. The normalized spacial score (nSPS) is 17.0. The van der Waals surface area contributed by atoms with Gasteiger partial charge in [-0.2, -0.15) is 0 Å². The van der Waals surface area contributed by atoms with Crippen molar-refractivity contribution in [1.82, 2.24) is 25.2 Å². The number of hydrogen-bond donors (Lipinski definition) is 2. The Hall–Kier alpha value is -3.33. The monoisotopic (exact) mass is 436 g/mol. The van der Waals surface area contributed by atoms with E-state index in [0.717, 1.165) is 50.3 Å². The molecule has 0 spiro atoms. The van der Waals surface area contributed by atoms with Crippen molar-refractivity contribution in [3.63, 3.8) is 0 Å². The number of halogens is 1. The summed E-state index contributed by atoms with van der Waals surface area (Å²) >= 11 is 0. The smallest absolute Gasteiger partial charge is 0.270 e. The Bertz CT molecular complexity index is 1210. The van der Waals surface area contributed by atoms with Gasteiger partial charge < -0.3 is 15.2 Å². The third-order valence-electron chi connectivity index (χ3n) is 6.15. The van der Waals surface area contributed by atoms with Crippen molar-refractivity contribution in [2.75, 3.05) is 38.1 Å². The highest BCUT2D eigenvalue weighted by molar-refractivity contribution is 5.92. The number of piperazine rings is 1. The SMILES string of the molecule is CNC(=O)c1ccc(N2CCN(Cc3cc(F)c4nc(C5CC5)c(=O)[nH]c4c3)CC2)cn1. The highest BCUT2D eigenvalue weighted by Crippen LogP contribution is 2.37. The van der Waals surface area contributed by atoms with E-state index in [4.69, 9.17) is 0 Å². The van der Waals surface area contributed by atoms with Gasteiger partial charge in [-0.05, 0) is 42.7 Å². The zero-order valence-electron chi connectivity index (χ0n) is 17.9. The van der Waals surface area contributed by atoms with Crippen LogP contribution in [0.1, 0.15) is 40.5 Å². The number of rotatable bonds is 5.